The quantitative estimate of drug-likeness (QED) is 0.610. The first-order valence-corrected chi connectivity index (χ1v) is 9.22. The van der Waals surface area contributed by atoms with Crippen molar-refractivity contribution in [2.75, 3.05) is 28.6 Å². The average Bonchev–Trinajstić information content (AvgIpc) is 2.73. The molecule has 3 rings (SSSR count). The van der Waals surface area contributed by atoms with Gasteiger partial charge < -0.3 is 15.5 Å². The number of carbonyl (C=O) groups is 1. The fraction of sp³-hybridized carbons (Fsp3) is 0.190. The number of nitrogens with zero attached hydrogens (tertiary/aromatic N) is 3. The van der Waals surface area contributed by atoms with Gasteiger partial charge in [-0.3, -0.25) is 4.79 Å². The molecule has 0 aliphatic carbocycles. The van der Waals surface area contributed by atoms with Crippen molar-refractivity contribution in [2.45, 2.75) is 13.8 Å². The van der Waals surface area contributed by atoms with Gasteiger partial charge in [0.15, 0.2) is 11.5 Å². The van der Waals surface area contributed by atoms with Crippen LogP contribution in [0.2, 0.25) is 0 Å². The third kappa shape index (κ3) is 5.04. The van der Waals surface area contributed by atoms with Gasteiger partial charge in [0.1, 0.15) is 11.6 Å². The van der Waals surface area contributed by atoms with Crippen molar-refractivity contribution in [1.82, 2.24) is 10.2 Å². The number of anilines is 4. The molecule has 0 radical (unpaired) electrons. The lowest BCUT2D eigenvalue weighted by Crippen LogP contribution is -2.21. The molecular weight excluding hydrogens is 376 g/mol. The molecule has 0 aliphatic rings. The number of rotatable bonds is 7. The van der Waals surface area contributed by atoms with Crippen molar-refractivity contribution in [1.29, 1.82) is 0 Å². The van der Waals surface area contributed by atoms with Gasteiger partial charge in [-0.2, -0.15) is 0 Å². The predicted molar refractivity (Wildman–Crippen MR) is 110 cm³/mol. The number of hydrogen-bond acceptors (Lipinski definition) is 5. The molecule has 1 aromatic heterocycles. The van der Waals surface area contributed by atoms with Crippen LogP contribution in [0.4, 0.5) is 31.7 Å². The number of halogens is 2. The van der Waals surface area contributed by atoms with E-state index < -0.39 is 17.5 Å². The normalized spacial score (nSPS) is 10.5. The van der Waals surface area contributed by atoms with Crippen LogP contribution in [0, 0.1) is 11.6 Å². The maximum Gasteiger partial charge on any atom is 0.276 e. The molecule has 0 fully saturated rings. The van der Waals surface area contributed by atoms with E-state index in [-0.39, 0.29) is 11.4 Å². The summed E-state index contributed by atoms with van der Waals surface area (Å²) < 4.78 is 26.6. The van der Waals surface area contributed by atoms with E-state index >= 15 is 0 Å². The number of hydrogen-bond donors (Lipinski definition) is 2. The van der Waals surface area contributed by atoms with Crippen LogP contribution in [0.1, 0.15) is 24.3 Å². The molecular formula is C21H21F2N5O. The molecule has 1 heterocycles. The van der Waals surface area contributed by atoms with Crippen LogP contribution >= 0.6 is 0 Å². The number of aromatic nitrogens is 2. The summed E-state index contributed by atoms with van der Waals surface area (Å²) in [5.74, 6) is -1.76. The zero-order valence-corrected chi connectivity index (χ0v) is 16.1. The lowest BCUT2D eigenvalue weighted by molar-refractivity contribution is 0.102. The Morgan fingerprint density at radius 2 is 1.69 bits per heavy atom. The second-order valence-electron chi connectivity index (χ2n) is 6.23. The second kappa shape index (κ2) is 9.09. The molecule has 0 aliphatic heterocycles. The first-order valence-electron chi connectivity index (χ1n) is 9.22. The third-order valence-electron chi connectivity index (χ3n) is 4.34. The van der Waals surface area contributed by atoms with Crippen LogP contribution in [0.5, 0.6) is 0 Å². The summed E-state index contributed by atoms with van der Waals surface area (Å²) in [5, 5.41) is 13.3. The highest BCUT2D eigenvalue weighted by molar-refractivity contribution is 6.02. The molecule has 150 valence electrons. The maximum atomic E-state index is 13.7. The molecule has 0 bridgehead atoms. The summed E-state index contributed by atoms with van der Waals surface area (Å²) in [6.07, 6.45) is 0. The number of amides is 1. The van der Waals surface area contributed by atoms with Gasteiger partial charge in [0.25, 0.3) is 5.91 Å². The zero-order valence-electron chi connectivity index (χ0n) is 16.1. The maximum absolute atomic E-state index is 13.7. The number of benzene rings is 2. The molecule has 0 atom stereocenters. The molecule has 1 amide bonds. The molecule has 29 heavy (non-hydrogen) atoms. The Balaban J connectivity index is 1.64. The molecule has 0 saturated heterocycles. The van der Waals surface area contributed by atoms with Gasteiger partial charge >= 0.3 is 0 Å². The summed E-state index contributed by atoms with van der Waals surface area (Å²) in [7, 11) is 0. The van der Waals surface area contributed by atoms with E-state index in [1.807, 2.05) is 24.3 Å². The van der Waals surface area contributed by atoms with Gasteiger partial charge in [0.2, 0.25) is 0 Å². The highest BCUT2D eigenvalue weighted by Gasteiger charge is 2.12. The lowest BCUT2D eigenvalue weighted by Gasteiger charge is -2.21. The van der Waals surface area contributed by atoms with Crippen molar-refractivity contribution in [3.8, 4) is 0 Å². The fourth-order valence-electron chi connectivity index (χ4n) is 2.79. The summed E-state index contributed by atoms with van der Waals surface area (Å²) >= 11 is 0. The Morgan fingerprint density at radius 3 is 2.28 bits per heavy atom. The van der Waals surface area contributed by atoms with Gasteiger partial charge in [-0.25, -0.2) is 8.78 Å². The van der Waals surface area contributed by atoms with E-state index in [9.17, 15) is 13.6 Å². The van der Waals surface area contributed by atoms with Crippen molar-refractivity contribution >= 4 is 28.8 Å². The highest BCUT2D eigenvalue weighted by atomic mass is 19.1. The molecule has 2 N–H and O–H groups in total. The Kier molecular flexibility index (Phi) is 6.33. The highest BCUT2D eigenvalue weighted by Crippen LogP contribution is 2.20. The minimum atomic E-state index is -0.863. The summed E-state index contributed by atoms with van der Waals surface area (Å²) in [5.41, 5.74) is 1.84. The van der Waals surface area contributed by atoms with Crippen LogP contribution < -0.4 is 15.5 Å². The number of carbonyl (C=O) groups excluding carboxylic acids is 1. The fourth-order valence-corrected chi connectivity index (χ4v) is 2.79. The molecule has 0 saturated carbocycles. The van der Waals surface area contributed by atoms with Crippen molar-refractivity contribution in [3.63, 3.8) is 0 Å². The van der Waals surface area contributed by atoms with Crippen molar-refractivity contribution in [3.05, 3.63) is 71.9 Å². The Morgan fingerprint density at radius 1 is 0.966 bits per heavy atom. The van der Waals surface area contributed by atoms with Crippen LogP contribution in [0.15, 0.2) is 54.6 Å². The second-order valence-corrected chi connectivity index (χ2v) is 6.23. The zero-order chi connectivity index (χ0) is 20.8. The lowest BCUT2D eigenvalue weighted by atomic mass is 10.2. The first-order chi connectivity index (χ1) is 14.0. The van der Waals surface area contributed by atoms with Crippen LogP contribution in [-0.2, 0) is 0 Å². The molecule has 8 heteroatoms. The predicted octanol–water partition coefficient (Wildman–Crippen LogP) is 4.60. The van der Waals surface area contributed by atoms with Gasteiger partial charge in [0.05, 0.1) is 5.69 Å². The van der Waals surface area contributed by atoms with Crippen molar-refractivity contribution < 1.29 is 13.6 Å². The molecule has 2 aromatic carbocycles. The topological polar surface area (TPSA) is 70.2 Å². The summed E-state index contributed by atoms with van der Waals surface area (Å²) in [6.45, 7) is 6.07. The molecule has 0 unspecified atom stereocenters. The average molecular weight is 397 g/mol. The Labute approximate surface area is 167 Å². The van der Waals surface area contributed by atoms with E-state index in [0.717, 1.165) is 36.6 Å². The van der Waals surface area contributed by atoms with Crippen LogP contribution in [0.25, 0.3) is 0 Å². The Bertz CT molecular complexity index is 973. The van der Waals surface area contributed by atoms with E-state index in [0.29, 0.717) is 11.9 Å². The van der Waals surface area contributed by atoms with Gasteiger partial charge in [0, 0.05) is 30.5 Å². The monoisotopic (exact) mass is 397 g/mol. The van der Waals surface area contributed by atoms with E-state index in [2.05, 4.69) is 39.6 Å². The third-order valence-corrected chi connectivity index (χ3v) is 4.34. The largest absolute Gasteiger partial charge is 0.372 e. The van der Waals surface area contributed by atoms with Crippen LogP contribution in [0.3, 0.4) is 0 Å². The molecule has 3 aromatic rings. The van der Waals surface area contributed by atoms with E-state index in [1.165, 1.54) is 6.07 Å². The van der Waals surface area contributed by atoms with Gasteiger partial charge in [-0.1, -0.05) is 0 Å². The van der Waals surface area contributed by atoms with Gasteiger partial charge in [-0.15, -0.1) is 10.2 Å². The Hall–Kier alpha value is -3.55. The summed E-state index contributed by atoms with van der Waals surface area (Å²) in [4.78, 5) is 14.4. The van der Waals surface area contributed by atoms with E-state index in [1.54, 1.807) is 6.07 Å². The van der Waals surface area contributed by atoms with Crippen LogP contribution in [-0.4, -0.2) is 29.2 Å². The van der Waals surface area contributed by atoms with Crippen molar-refractivity contribution in [2.24, 2.45) is 0 Å². The van der Waals surface area contributed by atoms with Gasteiger partial charge in [-0.05, 0) is 62.4 Å². The molecule has 0 spiro atoms. The van der Waals surface area contributed by atoms with E-state index in [4.69, 9.17) is 0 Å². The smallest absolute Gasteiger partial charge is 0.276 e. The first kappa shape index (κ1) is 20.2. The molecule has 6 nitrogen and oxygen atoms in total. The summed E-state index contributed by atoms with van der Waals surface area (Å²) in [6, 6.07) is 13.9. The SMILES string of the molecule is CCN(CC)c1ccc(Nc2ccc(C(=O)Nc3ccc(F)cc3F)nn2)cc1. The minimum Gasteiger partial charge on any atom is -0.372 e. The minimum absolute atomic E-state index is 0.0103. The number of nitrogens with one attached hydrogen (secondary N) is 2. The standard InChI is InChI=1S/C21H21F2N5O/c1-3-28(4-2)16-8-6-15(7-9-16)24-20-12-11-19(26-27-20)21(29)25-18-10-5-14(22)13-17(18)23/h5-13H,3-4H2,1-2H3,(H,24,27)(H,25,29).